The Bertz CT molecular complexity index is 386. The molecular weight excluding hydrogens is 190 g/mol. The third kappa shape index (κ3) is 0.911. The molecular formula is C11H15N3O. The molecule has 0 spiro atoms. The monoisotopic (exact) mass is 205 g/mol. The largest absolute Gasteiger partial charge is 0.388 e. The highest BCUT2D eigenvalue weighted by Gasteiger charge is 2.66. The van der Waals surface area contributed by atoms with E-state index in [9.17, 15) is 5.11 Å². The van der Waals surface area contributed by atoms with Gasteiger partial charge in [-0.1, -0.05) is 0 Å². The molecule has 0 radical (unpaired) electrons. The minimum absolute atomic E-state index is 0.0191. The highest BCUT2D eigenvalue weighted by atomic mass is 16.3. The number of aliphatic hydroxyl groups excluding tert-OH is 1. The van der Waals surface area contributed by atoms with E-state index in [2.05, 4.69) is 14.8 Å². The van der Waals surface area contributed by atoms with Crippen LogP contribution in [0.5, 0.6) is 0 Å². The van der Waals surface area contributed by atoms with Crippen LogP contribution in [0.4, 0.5) is 0 Å². The van der Waals surface area contributed by atoms with E-state index in [-0.39, 0.29) is 6.61 Å². The first-order chi connectivity index (χ1) is 7.40. The SMILES string of the molecule is OCc1nncn1C1C2C3CCC(C3)C21. The number of aliphatic hydroxyl groups is 1. The van der Waals surface area contributed by atoms with Crippen LogP contribution in [0.3, 0.4) is 0 Å². The number of fused-ring (bicyclic) bond motifs is 5. The van der Waals surface area contributed by atoms with Gasteiger partial charge in [0.15, 0.2) is 5.82 Å². The zero-order chi connectivity index (χ0) is 9.99. The maximum absolute atomic E-state index is 9.17. The van der Waals surface area contributed by atoms with Gasteiger partial charge in [-0.05, 0) is 42.9 Å². The summed E-state index contributed by atoms with van der Waals surface area (Å²) in [6.07, 6.45) is 6.12. The molecule has 0 amide bonds. The molecule has 1 aromatic rings. The Labute approximate surface area is 88.3 Å². The van der Waals surface area contributed by atoms with Crippen LogP contribution < -0.4 is 0 Å². The molecule has 4 atom stereocenters. The van der Waals surface area contributed by atoms with Gasteiger partial charge < -0.3 is 9.67 Å². The van der Waals surface area contributed by atoms with Gasteiger partial charge in [0.1, 0.15) is 12.9 Å². The first-order valence-corrected chi connectivity index (χ1v) is 5.89. The topological polar surface area (TPSA) is 50.9 Å². The minimum atomic E-state index is 0.0191. The van der Waals surface area contributed by atoms with Crippen LogP contribution in [-0.4, -0.2) is 19.9 Å². The summed E-state index contributed by atoms with van der Waals surface area (Å²) in [4.78, 5) is 0. The van der Waals surface area contributed by atoms with Crippen molar-refractivity contribution in [1.29, 1.82) is 0 Å². The molecule has 1 aromatic heterocycles. The maximum atomic E-state index is 9.17. The Hall–Kier alpha value is -0.900. The van der Waals surface area contributed by atoms with Crippen molar-refractivity contribution in [2.45, 2.75) is 31.9 Å². The van der Waals surface area contributed by atoms with Crippen molar-refractivity contribution < 1.29 is 5.11 Å². The summed E-state index contributed by atoms with van der Waals surface area (Å²) in [6, 6.07) is 0.619. The highest BCUT2D eigenvalue weighted by molar-refractivity contribution is 5.16. The van der Waals surface area contributed by atoms with Crippen molar-refractivity contribution in [1.82, 2.24) is 14.8 Å². The summed E-state index contributed by atoms with van der Waals surface area (Å²) < 4.78 is 2.12. The lowest BCUT2D eigenvalue weighted by Gasteiger charge is -2.10. The van der Waals surface area contributed by atoms with E-state index in [4.69, 9.17) is 0 Å². The van der Waals surface area contributed by atoms with Crippen LogP contribution in [0.2, 0.25) is 0 Å². The van der Waals surface area contributed by atoms with Crippen LogP contribution in [-0.2, 0) is 6.61 Å². The Balaban J connectivity index is 1.67. The molecule has 0 aliphatic heterocycles. The average molecular weight is 205 g/mol. The molecule has 4 rings (SSSR count). The maximum Gasteiger partial charge on any atom is 0.158 e. The lowest BCUT2D eigenvalue weighted by molar-refractivity contribution is 0.261. The molecule has 4 heteroatoms. The van der Waals surface area contributed by atoms with Crippen molar-refractivity contribution in [2.24, 2.45) is 23.7 Å². The van der Waals surface area contributed by atoms with E-state index in [1.165, 1.54) is 19.3 Å². The fourth-order valence-corrected chi connectivity index (χ4v) is 4.28. The number of hydrogen-bond acceptors (Lipinski definition) is 3. The van der Waals surface area contributed by atoms with Crippen LogP contribution in [0.15, 0.2) is 6.33 Å². The third-order valence-corrected chi connectivity index (χ3v) is 4.80. The summed E-state index contributed by atoms with van der Waals surface area (Å²) in [6.45, 7) is 0.0191. The summed E-state index contributed by atoms with van der Waals surface area (Å²) >= 11 is 0. The van der Waals surface area contributed by atoms with Gasteiger partial charge in [0.25, 0.3) is 0 Å². The molecule has 1 heterocycles. The summed E-state index contributed by atoms with van der Waals surface area (Å²) in [5, 5.41) is 17.0. The van der Waals surface area contributed by atoms with Gasteiger partial charge in [-0.3, -0.25) is 0 Å². The van der Waals surface area contributed by atoms with Crippen molar-refractivity contribution >= 4 is 0 Å². The van der Waals surface area contributed by atoms with Crippen LogP contribution in [0.25, 0.3) is 0 Å². The second kappa shape index (κ2) is 2.61. The molecule has 15 heavy (non-hydrogen) atoms. The molecule has 1 N–H and O–H groups in total. The molecule has 3 fully saturated rings. The molecule has 80 valence electrons. The predicted molar refractivity (Wildman–Crippen MR) is 52.8 cm³/mol. The second-order valence-corrected chi connectivity index (χ2v) is 5.29. The van der Waals surface area contributed by atoms with E-state index in [1.807, 2.05) is 0 Å². The van der Waals surface area contributed by atoms with E-state index in [0.29, 0.717) is 6.04 Å². The van der Waals surface area contributed by atoms with Crippen LogP contribution in [0, 0.1) is 23.7 Å². The number of rotatable bonds is 2. The first kappa shape index (κ1) is 8.28. The lowest BCUT2D eigenvalue weighted by atomic mass is 10.0. The summed E-state index contributed by atoms with van der Waals surface area (Å²) in [5.74, 6) is 4.42. The number of nitrogens with zero attached hydrogens (tertiary/aromatic N) is 3. The van der Waals surface area contributed by atoms with Crippen molar-refractivity contribution in [2.75, 3.05) is 0 Å². The molecule has 3 aliphatic carbocycles. The Morgan fingerprint density at radius 1 is 1.33 bits per heavy atom. The molecule has 2 bridgehead atoms. The van der Waals surface area contributed by atoms with Crippen molar-refractivity contribution in [3.8, 4) is 0 Å². The van der Waals surface area contributed by atoms with Crippen molar-refractivity contribution in [3.05, 3.63) is 12.2 Å². The van der Waals surface area contributed by atoms with Gasteiger partial charge in [0.2, 0.25) is 0 Å². The average Bonchev–Trinajstić information content (AvgIpc) is 2.72. The Kier molecular flexibility index (Phi) is 1.44. The van der Waals surface area contributed by atoms with Gasteiger partial charge in [0.05, 0.1) is 0 Å². The fraction of sp³-hybridized carbons (Fsp3) is 0.818. The quantitative estimate of drug-likeness (QED) is 0.783. The molecule has 0 saturated heterocycles. The predicted octanol–water partition coefficient (Wildman–Crippen LogP) is 0.987. The molecule has 3 aliphatic rings. The molecule has 3 saturated carbocycles. The summed E-state index contributed by atoms with van der Waals surface area (Å²) in [7, 11) is 0. The Morgan fingerprint density at radius 2 is 2.07 bits per heavy atom. The van der Waals surface area contributed by atoms with E-state index < -0.39 is 0 Å². The van der Waals surface area contributed by atoms with E-state index in [0.717, 1.165) is 29.5 Å². The van der Waals surface area contributed by atoms with Gasteiger partial charge in [-0.15, -0.1) is 10.2 Å². The van der Waals surface area contributed by atoms with Gasteiger partial charge >= 0.3 is 0 Å². The second-order valence-electron chi connectivity index (χ2n) is 5.29. The fourth-order valence-electron chi connectivity index (χ4n) is 4.28. The lowest BCUT2D eigenvalue weighted by Crippen LogP contribution is -2.07. The van der Waals surface area contributed by atoms with Gasteiger partial charge in [-0.2, -0.15) is 0 Å². The standard InChI is InChI=1S/C11H15N3O/c15-4-8-13-12-5-14(8)11-9-6-1-2-7(3-6)10(9)11/h5-7,9-11,15H,1-4H2. The van der Waals surface area contributed by atoms with Crippen molar-refractivity contribution in [3.63, 3.8) is 0 Å². The number of aromatic nitrogens is 3. The number of hydrogen-bond donors (Lipinski definition) is 1. The van der Waals surface area contributed by atoms with E-state index in [1.54, 1.807) is 6.33 Å². The smallest absolute Gasteiger partial charge is 0.158 e. The van der Waals surface area contributed by atoms with Gasteiger partial charge in [0, 0.05) is 6.04 Å². The third-order valence-electron chi connectivity index (χ3n) is 4.80. The molecule has 4 unspecified atom stereocenters. The molecule has 0 aromatic carbocycles. The summed E-state index contributed by atoms with van der Waals surface area (Å²) in [5.41, 5.74) is 0. The van der Waals surface area contributed by atoms with E-state index >= 15 is 0 Å². The normalized spacial score (nSPS) is 45.8. The zero-order valence-electron chi connectivity index (χ0n) is 8.58. The van der Waals surface area contributed by atoms with Crippen LogP contribution >= 0.6 is 0 Å². The van der Waals surface area contributed by atoms with Crippen LogP contribution in [0.1, 0.15) is 31.1 Å². The first-order valence-electron chi connectivity index (χ1n) is 5.89. The zero-order valence-corrected chi connectivity index (χ0v) is 8.58. The Morgan fingerprint density at radius 3 is 2.73 bits per heavy atom. The molecule has 4 nitrogen and oxygen atoms in total. The highest BCUT2D eigenvalue weighted by Crippen LogP contribution is 2.71. The minimum Gasteiger partial charge on any atom is -0.388 e. The van der Waals surface area contributed by atoms with Gasteiger partial charge in [-0.25, -0.2) is 0 Å².